The van der Waals surface area contributed by atoms with Crippen molar-refractivity contribution in [1.82, 2.24) is 4.72 Å². The number of nitrogens with one attached hydrogen (secondary N) is 1. The molecule has 0 fully saturated rings. The molecule has 0 saturated heterocycles. The van der Waals surface area contributed by atoms with Gasteiger partial charge in [0.05, 0.1) is 0 Å². The van der Waals surface area contributed by atoms with Crippen LogP contribution in [-0.4, -0.2) is 8.42 Å². The minimum Gasteiger partial charge on any atom is -0.207 e. The summed E-state index contributed by atoms with van der Waals surface area (Å²) in [5, 5.41) is 1.64. The highest BCUT2D eigenvalue weighted by molar-refractivity contribution is 7.91. The Morgan fingerprint density at radius 3 is 2.39 bits per heavy atom. The lowest BCUT2D eigenvalue weighted by atomic mass is 10.2. The van der Waals surface area contributed by atoms with Crippen molar-refractivity contribution in [3.05, 3.63) is 52.9 Å². The minimum absolute atomic E-state index is 0.158. The van der Waals surface area contributed by atoms with Gasteiger partial charge >= 0.3 is 0 Å². The number of benzene rings is 1. The summed E-state index contributed by atoms with van der Waals surface area (Å²) in [7, 11) is -3.62. The maximum atomic E-state index is 12.9. The second kappa shape index (κ2) is 5.13. The molecule has 18 heavy (non-hydrogen) atoms. The van der Waals surface area contributed by atoms with E-state index in [9.17, 15) is 17.2 Å². The average Bonchev–Trinajstić information content (AvgIpc) is 2.79. The van der Waals surface area contributed by atoms with Crippen molar-refractivity contribution in [3.8, 4) is 0 Å². The Morgan fingerprint density at radius 1 is 1.17 bits per heavy atom. The van der Waals surface area contributed by atoms with E-state index in [0.717, 1.165) is 29.5 Å². The second-order valence-electron chi connectivity index (χ2n) is 3.53. The Kier molecular flexibility index (Phi) is 3.74. The normalized spacial score (nSPS) is 11.7. The van der Waals surface area contributed by atoms with Crippen molar-refractivity contribution < 1.29 is 17.2 Å². The molecular formula is C11H9F2NO2S2. The highest BCUT2D eigenvalue weighted by Crippen LogP contribution is 2.16. The molecule has 7 heteroatoms. The van der Waals surface area contributed by atoms with E-state index < -0.39 is 21.7 Å². The smallest absolute Gasteiger partial charge is 0.207 e. The first kappa shape index (κ1) is 13.1. The summed E-state index contributed by atoms with van der Waals surface area (Å²) in [6, 6.07) is 5.97. The van der Waals surface area contributed by atoms with Crippen LogP contribution in [0.1, 0.15) is 5.56 Å². The molecule has 2 rings (SSSR count). The van der Waals surface area contributed by atoms with Crippen LogP contribution >= 0.6 is 11.3 Å². The predicted molar refractivity (Wildman–Crippen MR) is 64.7 cm³/mol. The molecule has 0 spiro atoms. The van der Waals surface area contributed by atoms with Gasteiger partial charge < -0.3 is 0 Å². The number of hydrogen-bond donors (Lipinski definition) is 1. The highest BCUT2D eigenvalue weighted by atomic mass is 32.2. The quantitative estimate of drug-likeness (QED) is 0.940. The fourth-order valence-corrected chi connectivity index (χ4v) is 3.43. The van der Waals surface area contributed by atoms with Crippen molar-refractivity contribution in [1.29, 1.82) is 0 Å². The minimum atomic E-state index is -3.62. The molecule has 0 atom stereocenters. The molecule has 1 heterocycles. The van der Waals surface area contributed by atoms with Crippen LogP contribution in [-0.2, 0) is 16.6 Å². The fraction of sp³-hybridized carbons (Fsp3) is 0.0909. The molecule has 2 aromatic rings. The zero-order valence-corrected chi connectivity index (χ0v) is 10.7. The molecule has 0 radical (unpaired) electrons. The van der Waals surface area contributed by atoms with Crippen LogP contribution in [0.2, 0.25) is 0 Å². The van der Waals surface area contributed by atoms with Gasteiger partial charge in [0.1, 0.15) is 15.8 Å². The lowest BCUT2D eigenvalue weighted by molar-refractivity contribution is 0.572. The molecule has 0 aliphatic rings. The summed E-state index contributed by atoms with van der Waals surface area (Å²) in [6.45, 7) is -0.158. The number of hydrogen-bond acceptors (Lipinski definition) is 3. The van der Waals surface area contributed by atoms with Gasteiger partial charge in [0.2, 0.25) is 10.0 Å². The number of halogens is 2. The fourth-order valence-electron chi connectivity index (χ4n) is 1.38. The average molecular weight is 289 g/mol. The first-order chi connectivity index (χ1) is 8.47. The first-order valence-corrected chi connectivity index (χ1v) is 7.32. The molecule has 1 aromatic heterocycles. The lowest BCUT2D eigenvalue weighted by Gasteiger charge is -2.05. The third kappa shape index (κ3) is 3.12. The Balaban J connectivity index is 2.12. The van der Waals surface area contributed by atoms with Crippen LogP contribution in [0.4, 0.5) is 8.78 Å². The largest absolute Gasteiger partial charge is 0.250 e. The third-order valence-electron chi connectivity index (χ3n) is 2.15. The van der Waals surface area contributed by atoms with Crippen LogP contribution < -0.4 is 4.72 Å². The molecular weight excluding hydrogens is 280 g/mol. The van der Waals surface area contributed by atoms with Gasteiger partial charge in [0, 0.05) is 12.6 Å². The number of rotatable bonds is 4. The molecule has 0 aliphatic heterocycles. The predicted octanol–water partition coefficient (Wildman–Crippen LogP) is 2.50. The highest BCUT2D eigenvalue weighted by Gasteiger charge is 2.14. The topological polar surface area (TPSA) is 46.2 Å². The van der Waals surface area contributed by atoms with E-state index in [2.05, 4.69) is 4.72 Å². The maximum Gasteiger partial charge on any atom is 0.250 e. The summed E-state index contributed by atoms with van der Waals surface area (Å²) in [5.74, 6) is -1.47. The SMILES string of the molecule is O=S(=O)(NCc1cc(F)cc(F)c1)c1cccs1. The van der Waals surface area contributed by atoms with Gasteiger partial charge in [0.25, 0.3) is 0 Å². The van der Waals surface area contributed by atoms with Crippen molar-refractivity contribution >= 4 is 21.4 Å². The van der Waals surface area contributed by atoms with Gasteiger partial charge in [0.15, 0.2) is 0 Å². The van der Waals surface area contributed by atoms with E-state index in [1.54, 1.807) is 11.4 Å². The summed E-state index contributed by atoms with van der Waals surface area (Å²) < 4.78 is 51.8. The number of thiophene rings is 1. The number of sulfonamides is 1. The van der Waals surface area contributed by atoms with Crippen LogP contribution in [0.15, 0.2) is 39.9 Å². The van der Waals surface area contributed by atoms with E-state index in [1.807, 2.05) is 0 Å². The van der Waals surface area contributed by atoms with Crippen LogP contribution in [0.3, 0.4) is 0 Å². The standard InChI is InChI=1S/C11H9F2NO2S2/c12-9-4-8(5-10(13)6-9)7-14-18(15,16)11-2-1-3-17-11/h1-6,14H,7H2. The second-order valence-corrected chi connectivity index (χ2v) is 6.48. The van der Waals surface area contributed by atoms with E-state index in [1.165, 1.54) is 6.07 Å². The maximum absolute atomic E-state index is 12.9. The summed E-state index contributed by atoms with van der Waals surface area (Å²) >= 11 is 1.07. The van der Waals surface area contributed by atoms with Crippen LogP contribution in [0.5, 0.6) is 0 Å². The van der Waals surface area contributed by atoms with Crippen LogP contribution in [0, 0.1) is 11.6 Å². The third-order valence-corrected chi connectivity index (χ3v) is 4.95. The van der Waals surface area contributed by atoms with E-state index in [0.29, 0.717) is 0 Å². The molecule has 96 valence electrons. The summed E-state index contributed by atoms with van der Waals surface area (Å²) in [6.07, 6.45) is 0. The Morgan fingerprint density at radius 2 is 1.83 bits per heavy atom. The van der Waals surface area contributed by atoms with Gasteiger partial charge in [-0.3, -0.25) is 0 Å². The Labute approximate surface area is 107 Å². The zero-order valence-electron chi connectivity index (χ0n) is 9.06. The van der Waals surface area contributed by atoms with Crippen LogP contribution in [0.25, 0.3) is 0 Å². The monoisotopic (exact) mass is 289 g/mol. The van der Waals surface area contributed by atoms with Crippen molar-refractivity contribution in [2.24, 2.45) is 0 Å². The van der Waals surface area contributed by atoms with E-state index in [-0.39, 0.29) is 16.3 Å². The summed E-state index contributed by atoms with van der Waals surface area (Å²) in [4.78, 5) is 0. The van der Waals surface area contributed by atoms with E-state index in [4.69, 9.17) is 0 Å². The Bertz CT molecular complexity index is 619. The lowest BCUT2D eigenvalue weighted by Crippen LogP contribution is -2.22. The van der Waals surface area contributed by atoms with Gasteiger partial charge in [-0.15, -0.1) is 11.3 Å². The molecule has 0 amide bonds. The van der Waals surface area contributed by atoms with Gasteiger partial charge in [-0.05, 0) is 29.1 Å². The van der Waals surface area contributed by atoms with E-state index >= 15 is 0 Å². The van der Waals surface area contributed by atoms with Gasteiger partial charge in [-0.1, -0.05) is 6.07 Å². The molecule has 1 aromatic carbocycles. The van der Waals surface area contributed by atoms with Gasteiger partial charge in [-0.25, -0.2) is 21.9 Å². The molecule has 1 N–H and O–H groups in total. The van der Waals surface area contributed by atoms with Crippen molar-refractivity contribution in [2.45, 2.75) is 10.8 Å². The van der Waals surface area contributed by atoms with Gasteiger partial charge in [-0.2, -0.15) is 0 Å². The molecule has 0 bridgehead atoms. The molecule has 0 unspecified atom stereocenters. The molecule has 3 nitrogen and oxygen atoms in total. The van der Waals surface area contributed by atoms with Crippen molar-refractivity contribution in [2.75, 3.05) is 0 Å². The zero-order chi connectivity index (χ0) is 13.2. The molecule has 0 aliphatic carbocycles. The Hall–Kier alpha value is -1.31. The summed E-state index contributed by atoms with van der Waals surface area (Å²) in [5.41, 5.74) is 0.229. The molecule has 0 saturated carbocycles. The first-order valence-electron chi connectivity index (χ1n) is 4.95. The van der Waals surface area contributed by atoms with Crippen molar-refractivity contribution in [3.63, 3.8) is 0 Å².